The Morgan fingerprint density at radius 3 is 2.61 bits per heavy atom. The predicted octanol–water partition coefficient (Wildman–Crippen LogP) is 4.98. The summed E-state index contributed by atoms with van der Waals surface area (Å²) >= 11 is 6.46. The van der Waals surface area contributed by atoms with Gasteiger partial charge in [0.15, 0.2) is 0 Å². The summed E-state index contributed by atoms with van der Waals surface area (Å²) in [6.07, 6.45) is 4.39. The van der Waals surface area contributed by atoms with E-state index in [9.17, 15) is 15.2 Å². The summed E-state index contributed by atoms with van der Waals surface area (Å²) in [4.78, 5) is 20.1. The molecule has 1 amide bonds. The van der Waals surface area contributed by atoms with Gasteiger partial charge in [0.2, 0.25) is 0 Å². The van der Waals surface area contributed by atoms with Gasteiger partial charge in [-0.3, -0.25) is 9.69 Å². The lowest BCUT2D eigenvalue weighted by Gasteiger charge is -2.38. The predicted molar refractivity (Wildman–Crippen MR) is 141 cm³/mol. The number of nitriles is 1. The van der Waals surface area contributed by atoms with Crippen LogP contribution in [0.4, 0.5) is 0 Å². The molecule has 5 rings (SSSR count). The van der Waals surface area contributed by atoms with Crippen LogP contribution in [0.1, 0.15) is 60.1 Å². The minimum Gasteiger partial charge on any atom is -0.391 e. The Morgan fingerprint density at radius 2 is 1.86 bits per heavy atom. The standard InChI is InChI=1S/C29H31ClN4O2/c30-23-9-3-2-8-22(23)29(19-31)13-15-34(16-14-29)18-20-17-26(32-24-10-4-1-7-21(20)24)28(36)33-25-11-5-6-12-27(25)35/h1-4,7-10,17,25,27,35H,5-6,11-16,18H2,(H,33,36)/t25-,27-/m0/s1. The number of halogens is 1. The summed E-state index contributed by atoms with van der Waals surface area (Å²) in [5.74, 6) is -0.242. The highest BCUT2D eigenvalue weighted by atomic mass is 35.5. The van der Waals surface area contributed by atoms with E-state index in [0.29, 0.717) is 36.5 Å². The number of carbonyl (C=O) groups is 1. The van der Waals surface area contributed by atoms with Crippen molar-refractivity contribution in [2.45, 2.75) is 62.6 Å². The molecule has 2 fully saturated rings. The number of para-hydroxylation sites is 1. The van der Waals surface area contributed by atoms with Crippen LogP contribution >= 0.6 is 11.6 Å². The van der Waals surface area contributed by atoms with E-state index in [1.165, 1.54) is 0 Å². The molecule has 0 radical (unpaired) electrons. The first kappa shape index (κ1) is 24.7. The molecule has 2 aliphatic rings. The van der Waals surface area contributed by atoms with Gasteiger partial charge in [0, 0.05) is 30.0 Å². The maximum atomic E-state index is 13.1. The second-order valence-electron chi connectivity index (χ2n) is 10.1. The summed E-state index contributed by atoms with van der Waals surface area (Å²) < 4.78 is 0. The smallest absolute Gasteiger partial charge is 0.270 e. The van der Waals surface area contributed by atoms with Gasteiger partial charge in [-0.2, -0.15) is 5.26 Å². The zero-order valence-electron chi connectivity index (χ0n) is 20.3. The largest absolute Gasteiger partial charge is 0.391 e. The Bertz CT molecular complexity index is 1300. The van der Waals surface area contributed by atoms with E-state index in [1.807, 2.05) is 54.6 Å². The highest BCUT2D eigenvalue weighted by molar-refractivity contribution is 6.31. The Morgan fingerprint density at radius 1 is 1.14 bits per heavy atom. The van der Waals surface area contributed by atoms with Gasteiger partial charge >= 0.3 is 0 Å². The number of nitrogens with zero attached hydrogens (tertiary/aromatic N) is 3. The average molecular weight is 503 g/mol. The van der Waals surface area contributed by atoms with E-state index < -0.39 is 11.5 Å². The van der Waals surface area contributed by atoms with Crippen LogP contribution in [0.15, 0.2) is 54.6 Å². The fourth-order valence-corrected chi connectivity index (χ4v) is 5.96. The number of fused-ring (bicyclic) bond motifs is 1. The molecule has 1 aromatic heterocycles. The van der Waals surface area contributed by atoms with Gasteiger partial charge in [-0.25, -0.2) is 4.98 Å². The molecule has 3 aromatic rings. The van der Waals surface area contributed by atoms with Crippen LogP contribution in [0.5, 0.6) is 0 Å². The maximum absolute atomic E-state index is 13.1. The molecule has 1 saturated heterocycles. The van der Waals surface area contributed by atoms with Crippen molar-refractivity contribution in [2.24, 2.45) is 0 Å². The SMILES string of the molecule is N#CC1(c2ccccc2Cl)CCN(Cc2cc(C(=O)N[C@H]3CCCC[C@@H]3O)nc3ccccc23)CC1. The zero-order valence-corrected chi connectivity index (χ0v) is 21.0. The first-order chi connectivity index (χ1) is 17.5. The minimum atomic E-state index is -0.582. The van der Waals surface area contributed by atoms with Crippen molar-refractivity contribution in [3.63, 3.8) is 0 Å². The summed E-state index contributed by atoms with van der Waals surface area (Å²) in [6, 6.07) is 19.7. The van der Waals surface area contributed by atoms with E-state index >= 15 is 0 Å². The number of likely N-dealkylation sites (tertiary alicyclic amines) is 1. The number of carbonyl (C=O) groups excluding carboxylic acids is 1. The number of amides is 1. The highest BCUT2D eigenvalue weighted by Crippen LogP contribution is 2.39. The molecule has 0 unspecified atom stereocenters. The Labute approximate surface area is 216 Å². The lowest BCUT2D eigenvalue weighted by Crippen LogP contribution is -2.45. The molecular formula is C29H31ClN4O2. The molecule has 0 bridgehead atoms. The van der Waals surface area contributed by atoms with Crippen molar-refractivity contribution in [2.75, 3.05) is 13.1 Å². The van der Waals surface area contributed by atoms with Crippen LogP contribution in [0.2, 0.25) is 5.02 Å². The Kier molecular flexibility index (Phi) is 7.25. The number of hydrogen-bond donors (Lipinski definition) is 2. The van der Waals surface area contributed by atoms with E-state index in [-0.39, 0.29) is 11.9 Å². The van der Waals surface area contributed by atoms with Crippen LogP contribution < -0.4 is 5.32 Å². The molecule has 2 atom stereocenters. The summed E-state index contributed by atoms with van der Waals surface area (Å²) in [5.41, 5.74) is 2.52. The first-order valence-corrected chi connectivity index (χ1v) is 13.1. The minimum absolute atomic E-state index is 0.228. The number of rotatable bonds is 5. The molecule has 36 heavy (non-hydrogen) atoms. The molecule has 6 nitrogen and oxygen atoms in total. The topological polar surface area (TPSA) is 89.2 Å². The maximum Gasteiger partial charge on any atom is 0.270 e. The van der Waals surface area contributed by atoms with Crippen LogP contribution in [0.3, 0.4) is 0 Å². The summed E-state index contributed by atoms with van der Waals surface area (Å²) in [7, 11) is 0. The Hall–Kier alpha value is -2.98. The number of hydrogen-bond acceptors (Lipinski definition) is 5. The fourth-order valence-electron chi connectivity index (χ4n) is 5.64. The summed E-state index contributed by atoms with van der Waals surface area (Å²) in [6.45, 7) is 2.18. The van der Waals surface area contributed by atoms with Gasteiger partial charge < -0.3 is 10.4 Å². The molecule has 186 valence electrons. The third-order valence-corrected chi connectivity index (χ3v) is 8.12. The molecular weight excluding hydrogens is 472 g/mol. The van der Waals surface area contributed by atoms with Crippen LogP contribution in [0, 0.1) is 11.3 Å². The van der Waals surface area contributed by atoms with E-state index in [1.54, 1.807) is 0 Å². The third kappa shape index (κ3) is 4.97. The number of pyridine rings is 1. The molecule has 1 aliphatic heterocycles. The number of piperidine rings is 1. The molecule has 2 N–H and O–H groups in total. The second-order valence-corrected chi connectivity index (χ2v) is 10.5. The van der Waals surface area contributed by atoms with Crippen LogP contribution in [0.25, 0.3) is 10.9 Å². The van der Waals surface area contributed by atoms with Crippen molar-refractivity contribution in [3.05, 3.63) is 76.4 Å². The average Bonchev–Trinajstić information content (AvgIpc) is 2.91. The van der Waals surface area contributed by atoms with Crippen molar-refractivity contribution in [1.82, 2.24) is 15.2 Å². The van der Waals surface area contributed by atoms with Gasteiger partial charge in [0.1, 0.15) is 5.69 Å². The quantitative estimate of drug-likeness (QED) is 0.513. The van der Waals surface area contributed by atoms with Crippen molar-refractivity contribution in [3.8, 4) is 6.07 Å². The van der Waals surface area contributed by atoms with Gasteiger partial charge in [0.25, 0.3) is 5.91 Å². The second kappa shape index (κ2) is 10.6. The fraction of sp³-hybridized carbons (Fsp3) is 0.414. The van der Waals surface area contributed by atoms with Crippen molar-refractivity contribution < 1.29 is 9.90 Å². The van der Waals surface area contributed by atoms with Crippen LogP contribution in [-0.2, 0) is 12.0 Å². The number of nitrogens with one attached hydrogen (secondary N) is 1. The molecule has 2 aromatic carbocycles. The van der Waals surface area contributed by atoms with E-state index in [0.717, 1.165) is 54.4 Å². The Balaban J connectivity index is 1.35. The number of aromatic nitrogens is 1. The van der Waals surface area contributed by atoms with Gasteiger partial charge in [-0.05, 0) is 55.0 Å². The molecule has 0 spiro atoms. The van der Waals surface area contributed by atoms with Gasteiger partial charge in [-0.1, -0.05) is 60.8 Å². The third-order valence-electron chi connectivity index (χ3n) is 7.79. The van der Waals surface area contributed by atoms with Crippen LogP contribution in [-0.4, -0.2) is 46.1 Å². The van der Waals surface area contributed by atoms with Gasteiger partial charge in [0.05, 0.1) is 29.1 Å². The van der Waals surface area contributed by atoms with Gasteiger partial charge in [-0.15, -0.1) is 0 Å². The van der Waals surface area contributed by atoms with E-state index in [4.69, 9.17) is 11.6 Å². The normalized spacial score (nSPS) is 22.1. The summed E-state index contributed by atoms with van der Waals surface area (Å²) in [5, 5.41) is 25.1. The number of aliphatic hydroxyl groups is 1. The lowest BCUT2D eigenvalue weighted by atomic mass is 9.74. The molecule has 7 heteroatoms. The monoisotopic (exact) mass is 502 g/mol. The number of aliphatic hydroxyl groups excluding tert-OH is 1. The highest BCUT2D eigenvalue weighted by Gasteiger charge is 2.38. The molecule has 1 aliphatic carbocycles. The lowest BCUT2D eigenvalue weighted by molar-refractivity contribution is 0.0714. The van der Waals surface area contributed by atoms with E-state index in [2.05, 4.69) is 21.3 Å². The van der Waals surface area contributed by atoms with Crippen molar-refractivity contribution in [1.29, 1.82) is 5.26 Å². The molecule has 2 heterocycles. The van der Waals surface area contributed by atoms with Crippen molar-refractivity contribution >= 4 is 28.4 Å². The number of benzene rings is 2. The zero-order chi connectivity index (χ0) is 25.1. The first-order valence-electron chi connectivity index (χ1n) is 12.8. The molecule has 1 saturated carbocycles.